The fraction of sp³-hybridized carbons (Fsp3) is 0.450. The predicted octanol–water partition coefficient (Wildman–Crippen LogP) is 4.56. The largest absolute Gasteiger partial charge is 0.391 e. The van der Waals surface area contributed by atoms with Crippen molar-refractivity contribution in [3.05, 3.63) is 57.3 Å². The number of hydrogen-bond acceptors (Lipinski definition) is 3. The average molecular weight is 375 g/mol. The molecule has 1 aliphatic carbocycles. The third-order valence-electron chi connectivity index (χ3n) is 5.39. The monoisotopic (exact) mass is 375 g/mol. The first-order valence-corrected chi connectivity index (χ1v) is 8.89. The van der Waals surface area contributed by atoms with Gasteiger partial charge in [-0.2, -0.15) is 18.4 Å². The number of hydrogen-bond donors (Lipinski definition) is 0. The Kier molecular flexibility index (Phi) is 5.09. The molecule has 0 N–H and O–H groups in total. The first-order chi connectivity index (χ1) is 12.7. The minimum Gasteiger partial charge on any atom is -0.269 e. The van der Waals surface area contributed by atoms with E-state index in [1.54, 1.807) is 38.1 Å². The zero-order valence-corrected chi connectivity index (χ0v) is 15.2. The maximum Gasteiger partial charge on any atom is 0.391 e. The first-order valence-electron chi connectivity index (χ1n) is 8.89. The van der Waals surface area contributed by atoms with Crippen molar-refractivity contribution in [1.29, 1.82) is 5.26 Å². The number of benzene rings is 1. The van der Waals surface area contributed by atoms with Gasteiger partial charge in [-0.05, 0) is 63.8 Å². The average Bonchev–Trinajstić information content (AvgIpc) is 2.65. The van der Waals surface area contributed by atoms with Crippen molar-refractivity contribution in [2.24, 2.45) is 5.92 Å². The van der Waals surface area contributed by atoms with Crippen molar-refractivity contribution in [3.63, 3.8) is 0 Å². The normalized spacial score (nSPS) is 20.3. The van der Waals surface area contributed by atoms with Crippen LogP contribution in [0.5, 0.6) is 0 Å². The molecule has 142 valence electrons. The summed E-state index contributed by atoms with van der Waals surface area (Å²) in [4.78, 5) is 17.5. The summed E-state index contributed by atoms with van der Waals surface area (Å²) in [5.74, 6) is -0.977. The second-order valence-corrected chi connectivity index (χ2v) is 7.07. The molecule has 0 bridgehead atoms. The number of alkyl halides is 3. The lowest BCUT2D eigenvalue weighted by Gasteiger charge is -2.31. The summed E-state index contributed by atoms with van der Waals surface area (Å²) >= 11 is 0. The van der Waals surface area contributed by atoms with Gasteiger partial charge in [-0.25, -0.2) is 4.98 Å². The Morgan fingerprint density at radius 2 is 1.70 bits per heavy atom. The first kappa shape index (κ1) is 19.2. The zero-order chi connectivity index (χ0) is 19.8. The number of rotatable bonds is 2. The van der Waals surface area contributed by atoms with Gasteiger partial charge in [-0.1, -0.05) is 0 Å². The quantitative estimate of drug-likeness (QED) is 0.773. The van der Waals surface area contributed by atoms with Gasteiger partial charge in [0.15, 0.2) is 0 Å². The van der Waals surface area contributed by atoms with Crippen molar-refractivity contribution < 1.29 is 13.2 Å². The summed E-state index contributed by atoms with van der Waals surface area (Å²) in [5, 5.41) is 8.96. The van der Waals surface area contributed by atoms with Gasteiger partial charge in [-0.15, -0.1) is 0 Å². The molecule has 0 spiro atoms. The molecule has 0 amide bonds. The van der Waals surface area contributed by atoms with Gasteiger partial charge in [0, 0.05) is 17.2 Å². The Morgan fingerprint density at radius 3 is 2.22 bits per heavy atom. The Labute approximate surface area is 155 Å². The van der Waals surface area contributed by atoms with E-state index >= 15 is 0 Å². The van der Waals surface area contributed by atoms with Crippen LogP contribution in [0, 0.1) is 31.1 Å². The number of nitriles is 1. The topological polar surface area (TPSA) is 58.7 Å². The molecule has 0 saturated heterocycles. The number of nitrogens with zero attached hydrogens (tertiary/aromatic N) is 3. The van der Waals surface area contributed by atoms with Crippen LogP contribution in [0.15, 0.2) is 29.1 Å². The van der Waals surface area contributed by atoms with Gasteiger partial charge in [0.25, 0.3) is 5.56 Å². The van der Waals surface area contributed by atoms with Crippen molar-refractivity contribution in [3.8, 4) is 11.8 Å². The van der Waals surface area contributed by atoms with Crippen LogP contribution in [0.3, 0.4) is 0 Å². The molecular formula is C20H20F3N3O. The lowest BCUT2D eigenvalue weighted by atomic mass is 9.81. The lowest BCUT2D eigenvalue weighted by Crippen LogP contribution is -2.32. The molecular weight excluding hydrogens is 355 g/mol. The van der Waals surface area contributed by atoms with Crippen LogP contribution in [-0.4, -0.2) is 15.7 Å². The van der Waals surface area contributed by atoms with Gasteiger partial charge in [0.2, 0.25) is 0 Å². The van der Waals surface area contributed by atoms with E-state index in [1.165, 1.54) is 4.57 Å². The minimum absolute atomic E-state index is 0.0460. The highest BCUT2D eigenvalue weighted by Gasteiger charge is 2.42. The summed E-state index contributed by atoms with van der Waals surface area (Å²) in [6.45, 7) is 3.43. The SMILES string of the molecule is Cc1nc([C@H]2CC[C@@H](C(F)(F)F)CC2)n(-c2ccc(C#N)cc2)c(=O)c1C. The number of aromatic nitrogens is 2. The fourth-order valence-electron chi connectivity index (χ4n) is 3.62. The van der Waals surface area contributed by atoms with Gasteiger partial charge in [-0.3, -0.25) is 9.36 Å². The van der Waals surface area contributed by atoms with Gasteiger partial charge >= 0.3 is 6.18 Å². The van der Waals surface area contributed by atoms with Crippen LogP contribution in [0.1, 0.15) is 54.2 Å². The van der Waals surface area contributed by atoms with Crippen molar-refractivity contribution in [2.75, 3.05) is 0 Å². The molecule has 1 aromatic carbocycles. The summed E-state index contributed by atoms with van der Waals surface area (Å²) in [7, 11) is 0. The molecule has 1 heterocycles. The van der Waals surface area contributed by atoms with E-state index in [9.17, 15) is 18.0 Å². The standard InChI is InChI=1S/C20H20F3N3O/c1-12-13(2)25-18(15-5-7-16(8-6-15)20(21,22)23)26(19(12)27)17-9-3-14(11-24)4-10-17/h3-4,9-10,15-16H,5-8H2,1-2H3/t15-,16+. The minimum atomic E-state index is -4.17. The Bertz CT molecular complexity index is 931. The molecule has 1 aliphatic rings. The maximum atomic E-state index is 13.0. The van der Waals surface area contributed by atoms with E-state index in [0.29, 0.717) is 41.2 Å². The molecule has 0 radical (unpaired) electrons. The van der Waals surface area contributed by atoms with E-state index in [0.717, 1.165) is 0 Å². The fourth-order valence-corrected chi connectivity index (χ4v) is 3.62. The third kappa shape index (κ3) is 3.75. The second kappa shape index (κ2) is 7.18. The van der Waals surface area contributed by atoms with E-state index in [2.05, 4.69) is 4.98 Å². The van der Waals surface area contributed by atoms with Crippen LogP contribution in [-0.2, 0) is 0 Å². The number of aryl methyl sites for hydroxylation is 1. The van der Waals surface area contributed by atoms with Crippen molar-refractivity contribution >= 4 is 0 Å². The molecule has 0 unspecified atom stereocenters. The van der Waals surface area contributed by atoms with Gasteiger partial charge < -0.3 is 0 Å². The highest BCUT2D eigenvalue weighted by Crippen LogP contribution is 2.42. The van der Waals surface area contributed by atoms with E-state index < -0.39 is 12.1 Å². The van der Waals surface area contributed by atoms with Crippen LogP contribution in [0.25, 0.3) is 5.69 Å². The molecule has 2 aromatic rings. The van der Waals surface area contributed by atoms with E-state index in [4.69, 9.17) is 5.26 Å². The Hall–Kier alpha value is -2.62. The van der Waals surface area contributed by atoms with Gasteiger partial charge in [0.05, 0.1) is 23.2 Å². The molecule has 7 heteroatoms. The molecule has 27 heavy (non-hydrogen) atoms. The third-order valence-corrected chi connectivity index (χ3v) is 5.39. The Balaban J connectivity index is 2.03. The summed E-state index contributed by atoms with van der Waals surface area (Å²) in [5.41, 5.74) is 1.92. The Morgan fingerprint density at radius 1 is 1.11 bits per heavy atom. The van der Waals surface area contributed by atoms with E-state index in [1.807, 2.05) is 6.07 Å². The zero-order valence-electron chi connectivity index (χ0n) is 15.2. The van der Waals surface area contributed by atoms with Crippen molar-refractivity contribution in [2.45, 2.75) is 51.6 Å². The molecule has 3 rings (SSSR count). The van der Waals surface area contributed by atoms with Crippen LogP contribution in [0.2, 0.25) is 0 Å². The van der Waals surface area contributed by atoms with Gasteiger partial charge in [0.1, 0.15) is 5.82 Å². The highest BCUT2D eigenvalue weighted by molar-refractivity contribution is 5.41. The number of halogens is 3. The molecule has 1 saturated carbocycles. The van der Waals surface area contributed by atoms with E-state index in [-0.39, 0.29) is 24.3 Å². The molecule has 0 atom stereocenters. The molecule has 4 nitrogen and oxygen atoms in total. The van der Waals surface area contributed by atoms with Crippen LogP contribution < -0.4 is 5.56 Å². The summed E-state index contributed by atoms with van der Waals surface area (Å²) in [6, 6.07) is 8.59. The predicted molar refractivity (Wildman–Crippen MR) is 94.8 cm³/mol. The molecule has 1 fully saturated rings. The molecule has 0 aliphatic heterocycles. The summed E-state index contributed by atoms with van der Waals surface area (Å²) in [6.07, 6.45) is -3.39. The highest BCUT2D eigenvalue weighted by atomic mass is 19.4. The van der Waals surface area contributed by atoms with Crippen LogP contribution in [0.4, 0.5) is 13.2 Å². The second-order valence-electron chi connectivity index (χ2n) is 7.07. The summed E-state index contributed by atoms with van der Waals surface area (Å²) < 4.78 is 40.4. The lowest BCUT2D eigenvalue weighted by molar-refractivity contribution is -0.182. The smallest absolute Gasteiger partial charge is 0.269 e. The van der Waals surface area contributed by atoms with Crippen molar-refractivity contribution in [1.82, 2.24) is 9.55 Å². The maximum absolute atomic E-state index is 13.0. The van der Waals surface area contributed by atoms with Crippen LogP contribution >= 0.6 is 0 Å². The molecule has 1 aromatic heterocycles.